The molecule has 0 bridgehead atoms. The molecule has 1 aromatic rings. The van der Waals surface area contributed by atoms with Crippen molar-refractivity contribution in [1.82, 2.24) is 4.90 Å². The second-order valence-electron chi connectivity index (χ2n) is 9.78. The molecule has 3 unspecified atom stereocenters. The maximum atomic E-state index is 13.8. The molecule has 1 heterocycles. The molecule has 11 nitrogen and oxygen atoms in total. The third-order valence-corrected chi connectivity index (χ3v) is 9.22. The lowest BCUT2D eigenvalue weighted by atomic mass is 9.87. The van der Waals surface area contributed by atoms with E-state index in [1.807, 2.05) is 13.0 Å². The summed E-state index contributed by atoms with van der Waals surface area (Å²) >= 11 is 0. The van der Waals surface area contributed by atoms with Gasteiger partial charge in [0.25, 0.3) is 20.2 Å². The predicted octanol–water partition coefficient (Wildman–Crippen LogP) is 2.29. The molecule has 0 fully saturated rings. The monoisotopic (exact) mass is 578 g/mol. The molecule has 0 aromatic heterocycles. The van der Waals surface area contributed by atoms with Gasteiger partial charge < -0.3 is 10.3 Å². The molecule has 2 aliphatic rings. The summed E-state index contributed by atoms with van der Waals surface area (Å²) in [4.78, 5) is 28.1. The summed E-state index contributed by atoms with van der Waals surface area (Å²) in [5, 5.41) is 9.38. The van der Waals surface area contributed by atoms with Crippen molar-refractivity contribution in [3.05, 3.63) is 71.5 Å². The first-order valence-electron chi connectivity index (χ1n) is 12.1. The van der Waals surface area contributed by atoms with Crippen LogP contribution in [0.25, 0.3) is 0 Å². The van der Waals surface area contributed by atoms with Gasteiger partial charge in [-0.25, -0.2) is 10.1 Å². The van der Waals surface area contributed by atoms with Crippen LogP contribution in [0.3, 0.4) is 0 Å². The Morgan fingerprint density at radius 1 is 1.21 bits per heavy atom. The van der Waals surface area contributed by atoms with Crippen LogP contribution in [-0.4, -0.2) is 59.2 Å². The largest absolute Gasteiger partial charge is 0.349 e. The number of nitrogens with zero attached hydrogens (tertiary/aromatic N) is 1. The number of carbonyl (C=O) groups excluding carboxylic acids is 2. The van der Waals surface area contributed by atoms with Crippen LogP contribution in [0.4, 0.5) is 5.69 Å². The van der Waals surface area contributed by atoms with E-state index in [9.17, 15) is 31.0 Å². The Labute approximate surface area is 228 Å². The summed E-state index contributed by atoms with van der Waals surface area (Å²) in [5.41, 5.74) is 1.42. The number of amides is 2. The first-order chi connectivity index (χ1) is 18.0. The highest BCUT2D eigenvalue weighted by Gasteiger charge is 2.40. The lowest BCUT2D eigenvalue weighted by Crippen LogP contribution is -2.83. The average molecular weight is 579 g/mol. The van der Waals surface area contributed by atoms with E-state index in [4.69, 9.17) is 9.96 Å². The second-order valence-corrected chi connectivity index (χ2v) is 13.1. The van der Waals surface area contributed by atoms with Gasteiger partial charge in [0.05, 0.1) is 22.4 Å². The number of quaternary nitrogens is 1. The minimum atomic E-state index is -4.39. The Hall–Kier alpha value is -3.23. The predicted molar refractivity (Wildman–Crippen MR) is 144 cm³/mol. The van der Waals surface area contributed by atoms with E-state index in [1.54, 1.807) is 13.0 Å². The minimum Gasteiger partial charge on any atom is -0.305 e. The molecule has 3 atom stereocenters. The Morgan fingerprint density at radius 2 is 1.82 bits per heavy atom. The number of nitrogens with two attached hydrogens (primary N) is 1. The van der Waals surface area contributed by atoms with Crippen molar-refractivity contribution in [2.75, 3.05) is 0 Å². The Balaban J connectivity index is 1.93. The van der Waals surface area contributed by atoms with Crippen molar-refractivity contribution < 1.29 is 40.8 Å². The van der Waals surface area contributed by atoms with Crippen LogP contribution in [0.2, 0.25) is 0 Å². The molecule has 0 spiro atoms. The highest BCUT2D eigenvalue weighted by atomic mass is 32.2. The van der Waals surface area contributed by atoms with Gasteiger partial charge in [0.1, 0.15) is 10.4 Å². The van der Waals surface area contributed by atoms with Crippen LogP contribution in [0.5, 0.6) is 0 Å². The minimum absolute atomic E-state index is 0.0121. The second kappa shape index (κ2) is 11.1. The van der Waals surface area contributed by atoms with E-state index < -0.39 is 36.8 Å². The van der Waals surface area contributed by atoms with Crippen molar-refractivity contribution in [3.63, 3.8) is 0 Å². The maximum Gasteiger partial charge on any atom is 0.349 e. The van der Waals surface area contributed by atoms with Gasteiger partial charge in [-0.05, 0) is 57.9 Å². The normalized spacial score (nSPS) is 24.3. The molecule has 1 aromatic carbocycles. The molecule has 0 saturated carbocycles. The molecule has 2 amide bonds. The average Bonchev–Trinajstić information content (AvgIpc) is 2.83. The Kier molecular flexibility index (Phi) is 8.63. The van der Waals surface area contributed by atoms with E-state index in [2.05, 4.69) is 0 Å². The molecule has 1 aliphatic carbocycles. The van der Waals surface area contributed by atoms with Gasteiger partial charge in [-0.15, -0.1) is 0 Å². The van der Waals surface area contributed by atoms with Gasteiger partial charge in [0.15, 0.2) is 0 Å². The molecule has 210 valence electrons. The number of nitrogens with one attached hydrogen (secondary N) is 1. The fourth-order valence-corrected chi connectivity index (χ4v) is 5.42. The smallest absolute Gasteiger partial charge is 0.305 e. The van der Waals surface area contributed by atoms with Crippen LogP contribution in [0.15, 0.2) is 76.4 Å². The number of hydrogen-bond donors (Lipinski definition) is 4. The van der Waals surface area contributed by atoms with Crippen LogP contribution in [0, 0.1) is 11.3 Å². The molecule has 0 radical (unpaired) electrons. The van der Waals surface area contributed by atoms with Gasteiger partial charge in [0, 0.05) is 23.5 Å². The van der Waals surface area contributed by atoms with Crippen LogP contribution in [-0.2, 0) is 29.8 Å². The van der Waals surface area contributed by atoms with Gasteiger partial charge in [-0.3, -0.25) is 13.9 Å². The van der Waals surface area contributed by atoms with Crippen molar-refractivity contribution >= 4 is 43.4 Å². The topological polar surface area (TPSA) is 187 Å². The quantitative estimate of drug-likeness (QED) is 0.119. The summed E-state index contributed by atoms with van der Waals surface area (Å²) in [6.45, 7) is 6.47. The fourth-order valence-electron chi connectivity index (χ4n) is 4.41. The molecule has 13 heteroatoms. The number of benzene rings is 1. The molecular weight excluding hydrogens is 546 g/mol. The van der Waals surface area contributed by atoms with E-state index in [-0.39, 0.29) is 34.6 Å². The lowest BCUT2D eigenvalue weighted by molar-refractivity contribution is -0.478. The third-order valence-electron chi connectivity index (χ3n) is 6.87. The van der Waals surface area contributed by atoms with E-state index >= 15 is 0 Å². The lowest BCUT2D eigenvalue weighted by Gasteiger charge is -2.39. The zero-order valence-corrected chi connectivity index (χ0v) is 23.6. The molecular formula is C26H32N3O8S2+. The Bertz CT molecular complexity index is 1540. The van der Waals surface area contributed by atoms with Gasteiger partial charge in [-0.1, -0.05) is 30.7 Å². The zero-order valence-electron chi connectivity index (χ0n) is 22.0. The first-order valence-corrected chi connectivity index (χ1v) is 15.0. The number of hydrogen-bond acceptors (Lipinski definition) is 7. The van der Waals surface area contributed by atoms with E-state index in [0.717, 1.165) is 12.1 Å². The summed E-state index contributed by atoms with van der Waals surface area (Å²) in [7, 11) is -8.75. The number of allylic oxidation sites excluding steroid dienone is 2. The summed E-state index contributed by atoms with van der Waals surface area (Å²) in [5.74, 6) is -1.78. The summed E-state index contributed by atoms with van der Waals surface area (Å²) in [6, 6.07) is 4.65. The first kappa shape index (κ1) is 30.3. The van der Waals surface area contributed by atoms with Crippen LogP contribution >= 0.6 is 0 Å². The number of rotatable bonds is 8. The van der Waals surface area contributed by atoms with Crippen LogP contribution in [0.1, 0.15) is 40.5 Å². The van der Waals surface area contributed by atoms with Crippen molar-refractivity contribution in [2.45, 2.75) is 56.2 Å². The number of carbonyl (C=O) groups is 2. The summed E-state index contributed by atoms with van der Waals surface area (Å²) < 4.78 is 63.3. The van der Waals surface area contributed by atoms with Gasteiger partial charge >= 0.3 is 5.91 Å². The third kappa shape index (κ3) is 6.50. The molecule has 5 N–H and O–H groups in total. The van der Waals surface area contributed by atoms with Crippen molar-refractivity contribution in [3.8, 4) is 0 Å². The van der Waals surface area contributed by atoms with E-state index in [0.29, 0.717) is 23.4 Å². The highest BCUT2D eigenvalue weighted by Crippen LogP contribution is 2.34. The maximum absolute atomic E-state index is 13.8. The number of primary amides is 1. The Morgan fingerprint density at radius 3 is 2.28 bits per heavy atom. The molecule has 3 rings (SSSR count). The van der Waals surface area contributed by atoms with Crippen molar-refractivity contribution in [1.29, 1.82) is 5.41 Å². The van der Waals surface area contributed by atoms with Crippen molar-refractivity contribution in [2.24, 2.45) is 5.92 Å². The molecule has 0 saturated heterocycles. The zero-order chi connectivity index (χ0) is 29.3. The SMILES string of the molecule is CCC1C=C(C)C(C=C(C(C)=N)C(=O)[NH2+]c2ccc(S(=O)(=O)O)cc2)C(=O)N1C1=CCC(C)(S(=O)(=O)O)C=C1. The molecule has 1 aliphatic heterocycles. The standard InChI is InChI=1S/C26H31N3O8S2/c1-5-19-14-16(2)22(25(31)29(19)20-10-12-26(4,13-11-20)39(35,36)37)15-23(17(3)27)24(30)28-18-6-8-21(9-7-18)38(32,33)34/h6-12,14-15,19,22,27H,5,13H2,1-4H3,(H,28,30)(H,32,33,34)(H,35,36,37)/p+1. The van der Waals surface area contributed by atoms with Gasteiger partial charge in [0.2, 0.25) is 5.91 Å². The van der Waals surface area contributed by atoms with Gasteiger partial charge in [-0.2, -0.15) is 16.8 Å². The van der Waals surface area contributed by atoms with Crippen LogP contribution < -0.4 is 5.32 Å². The molecule has 39 heavy (non-hydrogen) atoms. The summed E-state index contributed by atoms with van der Waals surface area (Å²) in [6.07, 6.45) is 8.29. The highest BCUT2D eigenvalue weighted by molar-refractivity contribution is 7.87. The fraction of sp³-hybridized carbons (Fsp3) is 0.346. The van der Waals surface area contributed by atoms with E-state index in [1.165, 1.54) is 54.4 Å².